The highest BCUT2D eigenvalue weighted by Crippen LogP contribution is 2.39. The topological polar surface area (TPSA) is 66.9 Å². The molecular weight excluding hydrogens is 419 g/mol. The highest BCUT2D eigenvalue weighted by molar-refractivity contribution is 7.89. The van der Waals surface area contributed by atoms with Gasteiger partial charge in [-0.25, -0.2) is 12.8 Å². The van der Waals surface area contributed by atoms with Crippen molar-refractivity contribution in [3.8, 4) is 5.75 Å². The molecule has 1 aliphatic carbocycles. The van der Waals surface area contributed by atoms with Crippen LogP contribution in [0.1, 0.15) is 68.6 Å². The van der Waals surface area contributed by atoms with E-state index in [0.29, 0.717) is 39.0 Å². The first-order valence-electron chi connectivity index (χ1n) is 11.4. The second kappa shape index (κ2) is 10.4. The molecule has 1 aromatic rings. The fourth-order valence-corrected chi connectivity index (χ4v) is 6.67. The number of hydrogen-bond donors (Lipinski definition) is 0. The van der Waals surface area contributed by atoms with Gasteiger partial charge in [-0.2, -0.15) is 4.31 Å². The highest BCUT2D eigenvalue weighted by atomic mass is 32.2. The van der Waals surface area contributed by atoms with Crippen LogP contribution in [-0.2, 0) is 10.0 Å². The number of benzene rings is 1. The van der Waals surface area contributed by atoms with Crippen LogP contribution in [0, 0.1) is 5.82 Å². The Bertz CT molecular complexity index is 860. The van der Waals surface area contributed by atoms with Crippen molar-refractivity contribution in [1.82, 2.24) is 9.21 Å². The zero-order valence-electron chi connectivity index (χ0n) is 18.7. The molecule has 0 N–H and O–H groups in total. The number of piperazine rings is 1. The molecule has 0 amide bonds. The lowest BCUT2D eigenvalue weighted by Crippen LogP contribution is -2.58. The number of Topliss-reactive ketones (excluding diaryl/α,β-unsaturated/α-hetero) is 1. The van der Waals surface area contributed by atoms with Crippen LogP contribution in [0.5, 0.6) is 5.75 Å². The van der Waals surface area contributed by atoms with Gasteiger partial charge in [0.25, 0.3) is 0 Å². The number of halogens is 1. The van der Waals surface area contributed by atoms with Crippen LogP contribution in [0.25, 0.3) is 0 Å². The van der Waals surface area contributed by atoms with Gasteiger partial charge in [0, 0.05) is 38.1 Å². The van der Waals surface area contributed by atoms with E-state index in [4.69, 9.17) is 4.74 Å². The minimum atomic E-state index is -3.18. The largest absolute Gasteiger partial charge is 0.496 e. The van der Waals surface area contributed by atoms with Gasteiger partial charge in [-0.15, -0.1) is 0 Å². The predicted molar refractivity (Wildman–Crippen MR) is 120 cm³/mol. The Morgan fingerprint density at radius 1 is 1.13 bits per heavy atom. The molecule has 1 aromatic carbocycles. The molecule has 0 spiro atoms. The fourth-order valence-electron chi connectivity index (χ4n) is 5.18. The molecule has 0 bridgehead atoms. The van der Waals surface area contributed by atoms with Crippen molar-refractivity contribution in [2.24, 2.45) is 0 Å². The van der Waals surface area contributed by atoms with Crippen molar-refractivity contribution in [3.63, 3.8) is 0 Å². The summed E-state index contributed by atoms with van der Waals surface area (Å²) in [6.45, 7) is 4.24. The van der Waals surface area contributed by atoms with Crippen LogP contribution in [0.4, 0.5) is 4.39 Å². The van der Waals surface area contributed by atoms with E-state index in [2.05, 4.69) is 4.90 Å². The van der Waals surface area contributed by atoms with Crippen LogP contribution in [0.2, 0.25) is 0 Å². The van der Waals surface area contributed by atoms with Gasteiger partial charge in [-0.1, -0.05) is 32.3 Å². The smallest absolute Gasteiger partial charge is 0.214 e. The third-order valence-electron chi connectivity index (χ3n) is 6.84. The van der Waals surface area contributed by atoms with Gasteiger partial charge in [0.15, 0.2) is 5.78 Å². The highest BCUT2D eigenvalue weighted by Gasteiger charge is 2.40. The molecule has 1 aliphatic heterocycles. The Balaban J connectivity index is 1.70. The number of carbonyl (C=O) groups is 1. The van der Waals surface area contributed by atoms with Crippen molar-refractivity contribution in [3.05, 3.63) is 29.6 Å². The minimum absolute atomic E-state index is 0.0337. The molecule has 0 atom stereocenters. The van der Waals surface area contributed by atoms with Crippen molar-refractivity contribution in [1.29, 1.82) is 0 Å². The van der Waals surface area contributed by atoms with Crippen LogP contribution in [-0.4, -0.2) is 68.0 Å². The molecule has 0 radical (unpaired) electrons. The Labute approximate surface area is 185 Å². The van der Waals surface area contributed by atoms with Crippen LogP contribution in [0.15, 0.2) is 18.2 Å². The zero-order valence-corrected chi connectivity index (χ0v) is 19.6. The first kappa shape index (κ1) is 24.1. The molecule has 8 heteroatoms. The average Bonchev–Trinajstić information content (AvgIpc) is 2.78. The van der Waals surface area contributed by atoms with Crippen molar-refractivity contribution >= 4 is 15.8 Å². The van der Waals surface area contributed by atoms with Crippen LogP contribution in [0.3, 0.4) is 0 Å². The Hall–Kier alpha value is -1.51. The maximum atomic E-state index is 14.3. The van der Waals surface area contributed by atoms with E-state index in [1.54, 1.807) is 16.4 Å². The van der Waals surface area contributed by atoms with Gasteiger partial charge in [-0.3, -0.25) is 9.69 Å². The van der Waals surface area contributed by atoms with E-state index in [-0.39, 0.29) is 34.8 Å². The molecular formula is C23H35FN2O4S. The Kier molecular flexibility index (Phi) is 8.10. The average molecular weight is 455 g/mol. The number of nitrogens with zero attached hydrogens (tertiary/aromatic N) is 2. The van der Waals surface area contributed by atoms with Crippen molar-refractivity contribution in [2.45, 2.75) is 63.8 Å². The number of carbonyl (C=O) groups excluding carboxylic acids is 1. The van der Waals surface area contributed by atoms with E-state index in [1.165, 1.54) is 19.6 Å². The zero-order chi connectivity index (χ0) is 22.5. The Morgan fingerprint density at radius 3 is 2.42 bits per heavy atom. The standard InChI is InChI=1S/C23H35FN2O4S/c1-3-18-31(28,29)26-16-14-25(15-17-26)23(11-5-4-6-12-23)13-10-20(27)22-19(24)8-7-9-21(22)30-2/h7-9H,3-6,10-18H2,1-2H3. The van der Waals surface area contributed by atoms with Crippen LogP contribution < -0.4 is 4.74 Å². The molecule has 1 saturated heterocycles. The van der Waals surface area contributed by atoms with Gasteiger partial charge in [0.05, 0.1) is 18.4 Å². The SMILES string of the molecule is CCCS(=O)(=O)N1CCN(C2(CCC(=O)c3c(F)cccc3OC)CCCCC2)CC1. The summed E-state index contributed by atoms with van der Waals surface area (Å²) in [7, 11) is -1.74. The maximum absolute atomic E-state index is 14.3. The first-order valence-corrected chi connectivity index (χ1v) is 13.0. The van der Waals surface area contributed by atoms with Gasteiger partial charge >= 0.3 is 0 Å². The summed E-state index contributed by atoms with van der Waals surface area (Å²) in [5.41, 5.74) is -0.0843. The minimum Gasteiger partial charge on any atom is -0.496 e. The van der Waals surface area contributed by atoms with Gasteiger partial charge in [0.2, 0.25) is 10.0 Å². The molecule has 1 heterocycles. The lowest BCUT2D eigenvalue weighted by atomic mass is 9.76. The summed E-state index contributed by atoms with van der Waals surface area (Å²) in [5.74, 6) is -0.310. The molecule has 0 aromatic heterocycles. The number of ether oxygens (including phenoxy) is 1. The van der Waals surface area contributed by atoms with Gasteiger partial charge < -0.3 is 4.74 Å². The second-order valence-corrected chi connectivity index (χ2v) is 10.8. The quantitative estimate of drug-likeness (QED) is 0.530. The normalized spacial score (nSPS) is 20.5. The lowest BCUT2D eigenvalue weighted by Gasteiger charge is -2.50. The van der Waals surface area contributed by atoms with E-state index < -0.39 is 15.8 Å². The maximum Gasteiger partial charge on any atom is 0.214 e. The van der Waals surface area contributed by atoms with E-state index in [0.717, 1.165) is 25.7 Å². The summed E-state index contributed by atoms with van der Waals surface area (Å²) in [6, 6.07) is 4.45. The molecule has 3 rings (SSSR count). The number of methoxy groups -OCH3 is 1. The first-order chi connectivity index (χ1) is 14.8. The monoisotopic (exact) mass is 454 g/mol. The predicted octanol–water partition coefficient (Wildman–Crippen LogP) is 3.86. The fraction of sp³-hybridized carbons (Fsp3) is 0.696. The lowest BCUT2D eigenvalue weighted by molar-refractivity contribution is 0.0165. The number of sulfonamides is 1. The number of ketones is 1. The number of rotatable bonds is 9. The van der Waals surface area contributed by atoms with Crippen molar-refractivity contribution in [2.75, 3.05) is 39.0 Å². The second-order valence-electron chi connectivity index (χ2n) is 8.73. The molecule has 2 aliphatic rings. The molecule has 6 nitrogen and oxygen atoms in total. The molecule has 174 valence electrons. The van der Waals surface area contributed by atoms with Crippen LogP contribution >= 0.6 is 0 Å². The summed E-state index contributed by atoms with van der Waals surface area (Å²) in [6.07, 6.45) is 6.91. The molecule has 1 saturated carbocycles. The Morgan fingerprint density at radius 2 is 1.81 bits per heavy atom. The van der Waals surface area contributed by atoms with Crippen molar-refractivity contribution < 1.29 is 22.3 Å². The third-order valence-corrected chi connectivity index (χ3v) is 8.92. The van der Waals surface area contributed by atoms with E-state index in [1.807, 2.05) is 6.92 Å². The molecule has 31 heavy (non-hydrogen) atoms. The summed E-state index contributed by atoms with van der Waals surface area (Å²) in [5, 5.41) is 0. The summed E-state index contributed by atoms with van der Waals surface area (Å²) >= 11 is 0. The number of hydrogen-bond acceptors (Lipinski definition) is 5. The molecule has 0 unspecified atom stereocenters. The summed E-state index contributed by atoms with van der Waals surface area (Å²) in [4.78, 5) is 15.3. The van der Waals surface area contributed by atoms with E-state index in [9.17, 15) is 17.6 Å². The third kappa shape index (κ3) is 5.46. The van der Waals surface area contributed by atoms with E-state index >= 15 is 0 Å². The summed E-state index contributed by atoms with van der Waals surface area (Å²) < 4.78 is 46.0. The molecule has 2 fully saturated rings. The van der Waals surface area contributed by atoms with Gasteiger partial charge in [-0.05, 0) is 37.8 Å². The van der Waals surface area contributed by atoms with Gasteiger partial charge in [0.1, 0.15) is 11.6 Å².